The smallest absolute Gasteiger partial charge is 0.311 e. The van der Waals surface area contributed by atoms with E-state index in [1.54, 1.807) is 0 Å². The number of esters is 1. The summed E-state index contributed by atoms with van der Waals surface area (Å²) in [6, 6.07) is 0. The summed E-state index contributed by atoms with van der Waals surface area (Å²) in [6.07, 6.45) is 1.97. The van der Waals surface area contributed by atoms with Crippen molar-refractivity contribution in [1.82, 2.24) is 0 Å². The molecule has 0 heterocycles. The number of halogens is 1. The third-order valence-corrected chi connectivity index (χ3v) is 5.96. The van der Waals surface area contributed by atoms with Gasteiger partial charge in [0, 0.05) is 0 Å². The van der Waals surface area contributed by atoms with Crippen LogP contribution in [0.2, 0.25) is 0 Å². The van der Waals surface area contributed by atoms with Crippen molar-refractivity contribution >= 4 is 16.2 Å². The van der Waals surface area contributed by atoms with E-state index < -0.39 is 20.4 Å². The molecule has 0 atom stereocenters. The van der Waals surface area contributed by atoms with E-state index in [0.29, 0.717) is 19.3 Å². The lowest BCUT2D eigenvalue weighted by Crippen LogP contribution is -2.52. The minimum atomic E-state index is -4.51. The lowest BCUT2D eigenvalue weighted by atomic mass is 9.60. The van der Waals surface area contributed by atoms with Gasteiger partial charge >= 0.3 is 16.2 Å². The van der Waals surface area contributed by atoms with Crippen LogP contribution in [0.25, 0.3) is 0 Å². The summed E-state index contributed by atoms with van der Waals surface area (Å²) in [5.41, 5.74) is -0.554. The highest BCUT2D eigenvalue weighted by atomic mass is 32.3. The van der Waals surface area contributed by atoms with Crippen molar-refractivity contribution in [3.05, 3.63) is 0 Å². The number of hydrogen-bond donors (Lipinski definition) is 0. The first-order chi connectivity index (χ1) is 7.35. The summed E-state index contributed by atoms with van der Waals surface area (Å²) in [6.45, 7) is 0. The fourth-order valence-corrected chi connectivity index (χ4v) is 4.08. The molecule has 3 rings (SSSR count). The van der Waals surface area contributed by atoms with E-state index in [4.69, 9.17) is 4.74 Å². The second kappa shape index (κ2) is 3.42. The van der Waals surface area contributed by atoms with Crippen LogP contribution in [0.4, 0.5) is 3.89 Å². The average molecular weight is 250 g/mol. The van der Waals surface area contributed by atoms with Crippen LogP contribution >= 0.6 is 0 Å². The standard InChI is InChI=1S/C10H15FO4S/c1-15-8(12)9-2-5-10(6-3-9,7-4-9)16(11,13)14/h2-7H2,1H3. The molecular weight excluding hydrogens is 235 g/mol. The number of ether oxygens (including phenoxy) is 1. The molecule has 0 aromatic carbocycles. The maximum absolute atomic E-state index is 13.2. The Bertz CT molecular complexity index is 390. The molecule has 0 amide bonds. The van der Waals surface area contributed by atoms with Crippen LogP contribution in [0.3, 0.4) is 0 Å². The van der Waals surface area contributed by atoms with Crippen molar-refractivity contribution in [3.8, 4) is 0 Å². The van der Waals surface area contributed by atoms with E-state index in [9.17, 15) is 17.1 Å². The molecule has 0 N–H and O–H groups in total. The molecule has 3 aliphatic carbocycles. The van der Waals surface area contributed by atoms with Gasteiger partial charge in [-0.25, -0.2) is 0 Å². The summed E-state index contributed by atoms with van der Waals surface area (Å²) in [4.78, 5) is 11.6. The zero-order valence-electron chi connectivity index (χ0n) is 9.16. The van der Waals surface area contributed by atoms with Gasteiger partial charge in [0.2, 0.25) is 0 Å². The molecule has 0 unspecified atom stereocenters. The molecule has 3 saturated carbocycles. The predicted molar refractivity (Wildman–Crippen MR) is 54.9 cm³/mol. The van der Waals surface area contributed by atoms with E-state index in [2.05, 4.69) is 0 Å². The van der Waals surface area contributed by atoms with Crippen LogP contribution in [-0.4, -0.2) is 26.2 Å². The molecule has 16 heavy (non-hydrogen) atoms. The van der Waals surface area contributed by atoms with Crippen LogP contribution in [0.15, 0.2) is 0 Å². The zero-order chi connectivity index (χ0) is 12.0. The number of rotatable bonds is 2. The van der Waals surface area contributed by atoms with Crippen LogP contribution in [0.5, 0.6) is 0 Å². The fourth-order valence-electron chi connectivity index (χ4n) is 3.04. The summed E-state index contributed by atoms with van der Waals surface area (Å²) in [5, 5.41) is 0. The Morgan fingerprint density at radius 1 is 1.12 bits per heavy atom. The van der Waals surface area contributed by atoms with E-state index in [1.165, 1.54) is 7.11 Å². The molecule has 0 spiro atoms. The van der Waals surface area contributed by atoms with Gasteiger partial charge in [0.25, 0.3) is 0 Å². The molecule has 3 aliphatic rings. The molecular formula is C10H15FO4S. The van der Waals surface area contributed by atoms with Crippen molar-refractivity contribution in [2.45, 2.75) is 43.3 Å². The van der Waals surface area contributed by atoms with Crippen molar-refractivity contribution in [2.75, 3.05) is 7.11 Å². The molecule has 0 aliphatic heterocycles. The highest BCUT2D eigenvalue weighted by Gasteiger charge is 2.58. The van der Waals surface area contributed by atoms with Gasteiger partial charge in [-0.1, -0.05) is 0 Å². The Labute approximate surface area is 94.4 Å². The van der Waals surface area contributed by atoms with Gasteiger partial charge in [0.15, 0.2) is 0 Å². The number of carbonyl (C=O) groups is 1. The molecule has 6 heteroatoms. The van der Waals surface area contributed by atoms with Gasteiger partial charge < -0.3 is 4.74 Å². The molecule has 4 nitrogen and oxygen atoms in total. The minimum absolute atomic E-state index is 0.237. The SMILES string of the molecule is COC(=O)C12CCC(S(=O)(=O)F)(CC1)CC2. The monoisotopic (exact) mass is 250 g/mol. The van der Waals surface area contributed by atoms with Gasteiger partial charge in [-0.2, -0.15) is 8.42 Å². The number of fused-ring (bicyclic) bond motifs is 3. The maximum atomic E-state index is 13.2. The van der Waals surface area contributed by atoms with Gasteiger partial charge in [-0.3, -0.25) is 4.79 Å². The van der Waals surface area contributed by atoms with E-state index in [1.807, 2.05) is 0 Å². The highest BCUT2D eigenvalue weighted by molar-refractivity contribution is 7.87. The number of methoxy groups -OCH3 is 1. The largest absolute Gasteiger partial charge is 0.469 e. The first-order valence-corrected chi connectivity index (χ1v) is 6.76. The van der Waals surface area contributed by atoms with Crippen LogP contribution in [-0.2, 0) is 19.8 Å². The normalized spacial score (nSPS) is 38.4. The Morgan fingerprint density at radius 2 is 1.56 bits per heavy atom. The molecule has 0 saturated heterocycles. The first-order valence-electron chi connectivity index (χ1n) is 5.38. The average Bonchev–Trinajstić information content (AvgIpc) is 2.29. The minimum Gasteiger partial charge on any atom is -0.469 e. The maximum Gasteiger partial charge on any atom is 0.311 e. The van der Waals surface area contributed by atoms with Crippen molar-refractivity contribution in [3.63, 3.8) is 0 Å². The Morgan fingerprint density at radius 3 is 1.88 bits per heavy atom. The third-order valence-electron chi connectivity index (χ3n) is 4.31. The number of carbonyl (C=O) groups excluding carboxylic acids is 1. The van der Waals surface area contributed by atoms with Crippen LogP contribution < -0.4 is 0 Å². The predicted octanol–water partition coefficient (Wildman–Crippen LogP) is 1.55. The Kier molecular flexibility index (Phi) is 2.53. The van der Waals surface area contributed by atoms with E-state index in [-0.39, 0.29) is 25.2 Å². The Balaban J connectivity index is 2.24. The lowest BCUT2D eigenvalue weighted by Gasteiger charge is -2.49. The van der Waals surface area contributed by atoms with Gasteiger partial charge in [0.1, 0.15) is 4.75 Å². The van der Waals surface area contributed by atoms with Crippen molar-refractivity contribution < 1.29 is 21.8 Å². The Hall–Kier alpha value is -0.650. The quantitative estimate of drug-likeness (QED) is 0.551. The van der Waals surface area contributed by atoms with E-state index in [0.717, 1.165) is 0 Å². The van der Waals surface area contributed by atoms with Gasteiger partial charge in [-0.15, -0.1) is 3.89 Å². The molecule has 0 radical (unpaired) electrons. The number of hydrogen-bond acceptors (Lipinski definition) is 4. The summed E-state index contributed by atoms with van der Waals surface area (Å²) in [7, 11) is -3.18. The molecule has 92 valence electrons. The second-order valence-electron chi connectivity index (χ2n) is 4.89. The van der Waals surface area contributed by atoms with Crippen LogP contribution in [0.1, 0.15) is 38.5 Å². The topological polar surface area (TPSA) is 60.4 Å². The molecule has 0 aromatic rings. The molecule has 2 bridgehead atoms. The molecule has 3 fully saturated rings. The van der Waals surface area contributed by atoms with Crippen molar-refractivity contribution in [2.24, 2.45) is 5.41 Å². The fraction of sp³-hybridized carbons (Fsp3) is 0.900. The lowest BCUT2D eigenvalue weighted by molar-refractivity contribution is -0.158. The molecule has 0 aromatic heterocycles. The first kappa shape index (κ1) is 11.8. The second-order valence-corrected chi connectivity index (χ2v) is 6.63. The van der Waals surface area contributed by atoms with Gasteiger partial charge in [0.05, 0.1) is 12.5 Å². The summed E-state index contributed by atoms with van der Waals surface area (Å²) in [5.74, 6) is -0.281. The third kappa shape index (κ3) is 1.46. The summed E-state index contributed by atoms with van der Waals surface area (Å²) < 4.78 is 39.0. The summed E-state index contributed by atoms with van der Waals surface area (Å²) >= 11 is 0. The highest BCUT2D eigenvalue weighted by Crippen LogP contribution is 2.56. The van der Waals surface area contributed by atoms with Gasteiger partial charge in [-0.05, 0) is 38.5 Å². The van der Waals surface area contributed by atoms with E-state index >= 15 is 0 Å². The van der Waals surface area contributed by atoms with Crippen molar-refractivity contribution in [1.29, 1.82) is 0 Å². The zero-order valence-corrected chi connectivity index (χ0v) is 9.98. The van der Waals surface area contributed by atoms with Crippen LogP contribution in [0, 0.1) is 5.41 Å².